The van der Waals surface area contributed by atoms with E-state index in [2.05, 4.69) is 4.90 Å². The third kappa shape index (κ3) is 5.39. The van der Waals surface area contributed by atoms with E-state index >= 15 is 0 Å². The predicted octanol–water partition coefficient (Wildman–Crippen LogP) is 2.28. The van der Waals surface area contributed by atoms with Gasteiger partial charge in [-0.15, -0.1) is 0 Å². The topological polar surface area (TPSA) is 62.2 Å². The fourth-order valence-electron chi connectivity index (χ4n) is 2.64. The minimum atomic E-state index is -0.576. The number of piperazine rings is 1. The minimum Gasteiger partial charge on any atom is -0.497 e. The number of amides is 1. The summed E-state index contributed by atoms with van der Waals surface area (Å²) in [5.74, 6) is 0.737. The fourth-order valence-corrected chi connectivity index (χ4v) is 2.64. The van der Waals surface area contributed by atoms with Gasteiger partial charge in [0.2, 0.25) is 0 Å². The summed E-state index contributed by atoms with van der Waals surface area (Å²) < 4.78 is 10.6. The van der Waals surface area contributed by atoms with Crippen LogP contribution < -0.4 is 4.74 Å². The molecule has 0 radical (unpaired) electrons. The van der Waals surface area contributed by atoms with Gasteiger partial charge in [-0.25, -0.2) is 4.79 Å². The quantitative estimate of drug-likeness (QED) is 0.914. The van der Waals surface area contributed by atoms with Crippen molar-refractivity contribution in [3.8, 4) is 5.75 Å². The van der Waals surface area contributed by atoms with Crippen LogP contribution in [0, 0.1) is 0 Å². The molecular formula is C18H28N2O4. The maximum atomic E-state index is 12.1. The molecule has 2 rings (SSSR count). The van der Waals surface area contributed by atoms with Gasteiger partial charge in [0.05, 0.1) is 13.2 Å². The van der Waals surface area contributed by atoms with Crippen molar-refractivity contribution in [2.75, 3.05) is 39.8 Å². The van der Waals surface area contributed by atoms with Crippen molar-refractivity contribution >= 4 is 6.09 Å². The monoisotopic (exact) mass is 336 g/mol. The van der Waals surface area contributed by atoms with Crippen LogP contribution in [0.3, 0.4) is 0 Å². The minimum absolute atomic E-state index is 0.268. The van der Waals surface area contributed by atoms with Crippen molar-refractivity contribution in [2.45, 2.75) is 32.5 Å². The van der Waals surface area contributed by atoms with E-state index < -0.39 is 11.7 Å². The first kappa shape index (κ1) is 18.5. The summed E-state index contributed by atoms with van der Waals surface area (Å²) in [6, 6.07) is 7.47. The summed E-state index contributed by atoms with van der Waals surface area (Å²) in [7, 11) is 1.61. The Morgan fingerprint density at radius 1 is 1.25 bits per heavy atom. The molecule has 0 saturated carbocycles. The summed E-state index contributed by atoms with van der Waals surface area (Å²) in [5, 5.41) is 10.4. The zero-order valence-electron chi connectivity index (χ0n) is 15.0. The van der Waals surface area contributed by atoms with Crippen molar-refractivity contribution < 1.29 is 19.4 Å². The van der Waals surface area contributed by atoms with E-state index in [0.717, 1.165) is 24.4 Å². The van der Waals surface area contributed by atoms with Crippen LogP contribution >= 0.6 is 0 Å². The molecule has 1 amide bonds. The first-order chi connectivity index (χ1) is 11.3. The lowest BCUT2D eigenvalue weighted by molar-refractivity contribution is 0.0101. The number of hydrogen-bond donors (Lipinski definition) is 1. The summed E-state index contributed by atoms with van der Waals surface area (Å²) >= 11 is 0. The SMILES string of the molecule is COc1cccc(C(O)CN2CCN(C(=O)OC(C)(C)C)CC2)c1. The average molecular weight is 336 g/mol. The Hall–Kier alpha value is -1.79. The van der Waals surface area contributed by atoms with E-state index in [4.69, 9.17) is 9.47 Å². The number of β-amino-alcohol motifs (C(OH)–C–C–N with tert-alkyl or cyclic N) is 1. The highest BCUT2D eigenvalue weighted by atomic mass is 16.6. The van der Waals surface area contributed by atoms with Gasteiger partial charge in [-0.2, -0.15) is 0 Å². The maximum absolute atomic E-state index is 12.1. The molecule has 134 valence electrons. The zero-order chi connectivity index (χ0) is 17.7. The normalized spacial score (nSPS) is 17.5. The standard InChI is InChI=1S/C18H28N2O4/c1-18(2,3)24-17(22)20-10-8-19(9-11-20)13-16(21)14-6-5-7-15(12-14)23-4/h5-7,12,16,21H,8-11,13H2,1-4H3. The van der Waals surface area contributed by atoms with E-state index in [1.807, 2.05) is 45.0 Å². The van der Waals surface area contributed by atoms with Gasteiger partial charge in [0.1, 0.15) is 11.4 Å². The zero-order valence-corrected chi connectivity index (χ0v) is 15.0. The molecular weight excluding hydrogens is 308 g/mol. The molecule has 24 heavy (non-hydrogen) atoms. The van der Waals surface area contributed by atoms with Crippen molar-refractivity contribution in [3.05, 3.63) is 29.8 Å². The van der Waals surface area contributed by atoms with Crippen molar-refractivity contribution in [3.63, 3.8) is 0 Å². The van der Waals surface area contributed by atoms with E-state index in [1.54, 1.807) is 12.0 Å². The highest BCUT2D eigenvalue weighted by molar-refractivity contribution is 5.68. The van der Waals surface area contributed by atoms with E-state index in [9.17, 15) is 9.90 Å². The molecule has 1 atom stereocenters. The van der Waals surface area contributed by atoms with Gasteiger partial charge in [-0.3, -0.25) is 4.90 Å². The van der Waals surface area contributed by atoms with Crippen LogP contribution in [0.4, 0.5) is 4.79 Å². The Bertz CT molecular complexity index is 548. The van der Waals surface area contributed by atoms with Crippen LogP contribution in [-0.4, -0.2) is 66.4 Å². The summed E-state index contributed by atoms with van der Waals surface area (Å²) in [5.41, 5.74) is 0.362. The van der Waals surface area contributed by atoms with Gasteiger partial charge in [-0.1, -0.05) is 12.1 Å². The highest BCUT2D eigenvalue weighted by Gasteiger charge is 2.26. The van der Waals surface area contributed by atoms with Gasteiger partial charge < -0.3 is 19.5 Å². The number of carbonyl (C=O) groups is 1. The van der Waals surface area contributed by atoms with E-state index in [-0.39, 0.29) is 6.09 Å². The lowest BCUT2D eigenvalue weighted by Gasteiger charge is -2.36. The Labute approximate surface area is 144 Å². The predicted molar refractivity (Wildman–Crippen MR) is 92.2 cm³/mol. The lowest BCUT2D eigenvalue weighted by Crippen LogP contribution is -2.50. The molecule has 1 saturated heterocycles. The average Bonchev–Trinajstić information content (AvgIpc) is 2.54. The van der Waals surface area contributed by atoms with Gasteiger partial charge in [0.15, 0.2) is 0 Å². The smallest absolute Gasteiger partial charge is 0.410 e. The van der Waals surface area contributed by atoms with Crippen molar-refractivity contribution in [2.24, 2.45) is 0 Å². The van der Waals surface area contributed by atoms with Crippen molar-refractivity contribution in [1.82, 2.24) is 9.80 Å². The molecule has 1 fully saturated rings. The molecule has 0 spiro atoms. The van der Waals surface area contributed by atoms with Crippen LogP contribution in [0.1, 0.15) is 32.4 Å². The molecule has 0 bridgehead atoms. The van der Waals surface area contributed by atoms with E-state index in [1.165, 1.54) is 0 Å². The summed E-state index contributed by atoms with van der Waals surface area (Å²) in [6.45, 7) is 8.80. The molecule has 1 aliphatic rings. The van der Waals surface area contributed by atoms with Gasteiger partial charge in [0.25, 0.3) is 0 Å². The highest BCUT2D eigenvalue weighted by Crippen LogP contribution is 2.20. The van der Waals surface area contributed by atoms with Crippen LogP contribution in [-0.2, 0) is 4.74 Å². The van der Waals surface area contributed by atoms with Gasteiger partial charge in [-0.05, 0) is 38.5 Å². The summed E-state index contributed by atoms with van der Waals surface area (Å²) in [4.78, 5) is 15.9. The third-order valence-electron chi connectivity index (χ3n) is 3.93. The summed E-state index contributed by atoms with van der Waals surface area (Å²) in [6.07, 6.45) is -0.844. The van der Waals surface area contributed by atoms with Crippen LogP contribution in [0.5, 0.6) is 5.75 Å². The van der Waals surface area contributed by atoms with Gasteiger partial charge >= 0.3 is 6.09 Å². The second kappa shape index (κ2) is 7.85. The second-order valence-corrected chi connectivity index (χ2v) is 7.06. The molecule has 1 N–H and O–H groups in total. The number of ether oxygens (including phenoxy) is 2. The number of hydrogen-bond acceptors (Lipinski definition) is 5. The number of methoxy groups -OCH3 is 1. The fraction of sp³-hybridized carbons (Fsp3) is 0.611. The number of benzene rings is 1. The molecule has 1 unspecified atom stereocenters. The molecule has 6 nitrogen and oxygen atoms in total. The Kier molecular flexibility index (Phi) is 6.07. The largest absolute Gasteiger partial charge is 0.497 e. The number of aliphatic hydroxyl groups excluding tert-OH is 1. The molecule has 0 aromatic heterocycles. The Morgan fingerprint density at radius 2 is 1.92 bits per heavy atom. The number of aliphatic hydroxyl groups is 1. The molecule has 1 heterocycles. The molecule has 0 aliphatic carbocycles. The molecule has 1 aromatic carbocycles. The molecule has 1 aromatic rings. The number of carbonyl (C=O) groups excluding carboxylic acids is 1. The maximum Gasteiger partial charge on any atom is 0.410 e. The first-order valence-corrected chi connectivity index (χ1v) is 8.31. The first-order valence-electron chi connectivity index (χ1n) is 8.31. The second-order valence-electron chi connectivity index (χ2n) is 7.06. The Balaban J connectivity index is 1.83. The Morgan fingerprint density at radius 3 is 2.50 bits per heavy atom. The number of nitrogens with zero attached hydrogens (tertiary/aromatic N) is 2. The van der Waals surface area contributed by atoms with E-state index in [0.29, 0.717) is 19.6 Å². The number of rotatable bonds is 4. The van der Waals surface area contributed by atoms with Gasteiger partial charge in [0, 0.05) is 32.7 Å². The third-order valence-corrected chi connectivity index (χ3v) is 3.93. The van der Waals surface area contributed by atoms with Crippen LogP contribution in [0.15, 0.2) is 24.3 Å². The van der Waals surface area contributed by atoms with Crippen LogP contribution in [0.2, 0.25) is 0 Å². The lowest BCUT2D eigenvalue weighted by atomic mass is 10.1. The molecule has 6 heteroatoms. The van der Waals surface area contributed by atoms with Crippen molar-refractivity contribution in [1.29, 1.82) is 0 Å². The molecule has 1 aliphatic heterocycles. The van der Waals surface area contributed by atoms with Crippen LogP contribution in [0.25, 0.3) is 0 Å².